The molecular formula is C18H18N2O2. The van der Waals surface area contributed by atoms with Gasteiger partial charge in [-0.3, -0.25) is 4.79 Å². The number of rotatable bonds is 1. The van der Waals surface area contributed by atoms with Crippen LogP contribution in [0.1, 0.15) is 40.9 Å². The number of hydrogen-bond donors (Lipinski definition) is 3. The van der Waals surface area contributed by atoms with Crippen molar-refractivity contribution in [3.05, 3.63) is 46.3 Å². The molecule has 0 fully saturated rings. The molecule has 4 nitrogen and oxygen atoms in total. The number of H-pyrrole nitrogens is 1. The number of anilines is 1. The highest BCUT2D eigenvalue weighted by Gasteiger charge is 2.26. The number of carbonyl (C=O) groups excluding carboxylic acids is 1. The van der Waals surface area contributed by atoms with Crippen LogP contribution >= 0.6 is 0 Å². The molecule has 0 bridgehead atoms. The monoisotopic (exact) mass is 294 g/mol. The Labute approximate surface area is 128 Å². The zero-order valence-electron chi connectivity index (χ0n) is 12.5. The van der Waals surface area contributed by atoms with E-state index in [9.17, 15) is 9.90 Å². The van der Waals surface area contributed by atoms with Crippen molar-refractivity contribution in [1.29, 1.82) is 0 Å². The zero-order valence-corrected chi connectivity index (χ0v) is 12.5. The third-order valence-corrected chi connectivity index (χ3v) is 4.54. The van der Waals surface area contributed by atoms with Gasteiger partial charge < -0.3 is 15.4 Å². The van der Waals surface area contributed by atoms with Gasteiger partial charge in [-0.25, -0.2) is 0 Å². The summed E-state index contributed by atoms with van der Waals surface area (Å²) in [7, 11) is 0. The lowest BCUT2D eigenvalue weighted by molar-refractivity contribution is -0.110. The Morgan fingerprint density at radius 1 is 1.23 bits per heavy atom. The van der Waals surface area contributed by atoms with Crippen LogP contribution in [0.2, 0.25) is 0 Å². The first-order valence-electron chi connectivity index (χ1n) is 7.70. The van der Waals surface area contributed by atoms with Crippen molar-refractivity contribution in [3.63, 3.8) is 0 Å². The number of amides is 1. The fourth-order valence-corrected chi connectivity index (χ4v) is 3.38. The Balaban J connectivity index is 1.83. The Morgan fingerprint density at radius 2 is 2.05 bits per heavy atom. The van der Waals surface area contributed by atoms with E-state index in [4.69, 9.17) is 0 Å². The van der Waals surface area contributed by atoms with Gasteiger partial charge in [0.2, 0.25) is 0 Å². The second-order valence-electron chi connectivity index (χ2n) is 6.11. The molecule has 0 spiro atoms. The summed E-state index contributed by atoms with van der Waals surface area (Å²) < 4.78 is 0. The third-order valence-electron chi connectivity index (χ3n) is 4.54. The summed E-state index contributed by atoms with van der Waals surface area (Å²) in [6, 6.07) is 5.90. The Hall–Kier alpha value is -2.49. The molecule has 1 aliphatic carbocycles. The van der Waals surface area contributed by atoms with Crippen molar-refractivity contribution in [2.24, 2.45) is 0 Å². The van der Waals surface area contributed by atoms with Crippen LogP contribution in [0.15, 0.2) is 18.2 Å². The number of aryl methyl sites for hydroxylation is 2. The predicted molar refractivity (Wildman–Crippen MR) is 86.8 cm³/mol. The van der Waals surface area contributed by atoms with E-state index in [-0.39, 0.29) is 5.91 Å². The van der Waals surface area contributed by atoms with Gasteiger partial charge in [0, 0.05) is 22.5 Å². The van der Waals surface area contributed by atoms with E-state index in [0.717, 1.165) is 53.8 Å². The van der Waals surface area contributed by atoms with Crippen LogP contribution in [0.5, 0.6) is 5.75 Å². The van der Waals surface area contributed by atoms with Crippen molar-refractivity contribution in [1.82, 2.24) is 4.98 Å². The number of aromatic amines is 1. The van der Waals surface area contributed by atoms with Crippen LogP contribution in [0.3, 0.4) is 0 Å². The number of nitrogens with one attached hydrogen (secondary N) is 2. The highest BCUT2D eigenvalue weighted by atomic mass is 16.3. The van der Waals surface area contributed by atoms with Crippen LogP contribution in [-0.4, -0.2) is 16.0 Å². The minimum absolute atomic E-state index is 0.118. The maximum Gasteiger partial charge on any atom is 0.256 e. The molecule has 112 valence electrons. The topological polar surface area (TPSA) is 65.1 Å². The fraction of sp³-hybridized carbons (Fsp3) is 0.278. The molecule has 1 amide bonds. The molecule has 0 saturated carbocycles. The maximum absolute atomic E-state index is 12.2. The summed E-state index contributed by atoms with van der Waals surface area (Å²) in [6.45, 7) is 2.01. The summed E-state index contributed by atoms with van der Waals surface area (Å²) in [6.07, 6.45) is 5.90. The van der Waals surface area contributed by atoms with Gasteiger partial charge in [0.25, 0.3) is 5.91 Å². The standard InChI is InChI=1S/C18H18N2O2/c1-10-6-7-15-12(8-10)13(18(22)20-15)9-16-17(21)11-4-2-3-5-14(11)19-16/h6-9,19,21H,2-5H2,1H3,(H,20,22). The molecule has 3 N–H and O–H groups in total. The van der Waals surface area contributed by atoms with E-state index in [1.54, 1.807) is 6.08 Å². The first-order chi connectivity index (χ1) is 10.6. The number of fused-ring (bicyclic) bond motifs is 2. The lowest BCUT2D eigenvalue weighted by Crippen LogP contribution is -2.03. The molecule has 2 aliphatic rings. The van der Waals surface area contributed by atoms with E-state index >= 15 is 0 Å². The minimum Gasteiger partial charge on any atom is -0.505 e. The second-order valence-corrected chi connectivity index (χ2v) is 6.11. The molecule has 0 unspecified atom stereocenters. The summed E-state index contributed by atoms with van der Waals surface area (Å²) in [5.74, 6) is 0.184. The number of aromatic hydroxyl groups is 1. The molecule has 0 saturated heterocycles. The van der Waals surface area contributed by atoms with Crippen molar-refractivity contribution in [2.75, 3.05) is 5.32 Å². The maximum atomic E-state index is 12.2. The third kappa shape index (κ3) is 1.95. The van der Waals surface area contributed by atoms with Gasteiger partial charge in [-0.05, 0) is 50.8 Å². The minimum atomic E-state index is -0.118. The van der Waals surface area contributed by atoms with Crippen LogP contribution in [0.4, 0.5) is 5.69 Å². The smallest absolute Gasteiger partial charge is 0.256 e. The number of carbonyl (C=O) groups is 1. The number of aromatic nitrogens is 1. The highest BCUT2D eigenvalue weighted by molar-refractivity contribution is 6.35. The lowest BCUT2D eigenvalue weighted by Gasteiger charge is -2.09. The Kier molecular flexibility index (Phi) is 2.86. The molecule has 2 heterocycles. The average Bonchev–Trinajstić information content (AvgIpc) is 2.99. The molecule has 4 heteroatoms. The second kappa shape index (κ2) is 4.77. The van der Waals surface area contributed by atoms with Gasteiger partial charge in [-0.15, -0.1) is 0 Å². The van der Waals surface area contributed by atoms with E-state index in [1.165, 1.54) is 0 Å². The lowest BCUT2D eigenvalue weighted by atomic mass is 9.97. The van der Waals surface area contributed by atoms with Crippen LogP contribution in [-0.2, 0) is 17.6 Å². The van der Waals surface area contributed by atoms with Gasteiger partial charge in [0.15, 0.2) is 0 Å². The van der Waals surface area contributed by atoms with E-state index in [0.29, 0.717) is 17.0 Å². The fourth-order valence-electron chi connectivity index (χ4n) is 3.38. The molecule has 0 radical (unpaired) electrons. The van der Waals surface area contributed by atoms with Gasteiger partial charge in [0.1, 0.15) is 5.75 Å². The molecule has 4 rings (SSSR count). The molecule has 1 aromatic carbocycles. The van der Waals surface area contributed by atoms with Gasteiger partial charge in [-0.2, -0.15) is 0 Å². The predicted octanol–water partition coefficient (Wildman–Crippen LogP) is 3.40. The van der Waals surface area contributed by atoms with Crippen molar-refractivity contribution >= 4 is 23.2 Å². The Bertz CT molecular complexity index is 815. The molecular weight excluding hydrogens is 276 g/mol. The van der Waals surface area contributed by atoms with E-state index < -0.39 is 0 Å². The largest absolute Gasteiger partial charge is 0.505 e. The van der Waals surface area contributed by atoms with E-state index in [2.05, 4.69) is 10.3 Å². The first kappa shape index (κ1) is 13.2. The normalized spacial score (nSPS) is 18.2. The first-order valence-corrected chi connectivity index (χ1v) is 7.70. The van der Waals surface area contributed by atoms with Crippen molar-refractivity contribution < 1.29 is 9.90 Å². The van der Waals surface area contributed by atoms with Crippen LogP contribution < -0.4 is 5.32 Å². The zero-order chi connectivity index (χ0) is 15.3. The van der Waals surface area contributed by atoms with Gasteiger partial charge >= 0.3 is 0 Å². The van der Waals surface area contributed by atoms with E-state index in [1.807, 2.05) is 25.1 Å². The average molecular weight is 294 g/mol. The van der Waals surface area contributed by atoms with Crippen molar-refractivity contribution in [2.45, 2.75) is 32.6 Å². The van der Waals surface area contributed by atoms with Crippen LogP contribution in [0.25, 0.3) is 11.6 Å². The number of benzene rings is 1. The molecule has 1 aromatic heterocycles. The highest BCUT2D eigenvalue weighted by Crippen LogP contribution is 2.37. The molecule has 1 aliphatic heterocycles. The summed E-state index contributed by atoms with van der Waals surface area (Å²) in [4.78, 5) is 15.5. The number of hydrogen-bond acceptors (Lipinski definition) is 2. The molecule has 2 aromatic rings. The summed E-state index contributed by atoms with van der Waals surface area (Å²) in [5, 5.41) is 13.3. The quantitative estimate of drug-likeness (QED) is 0.706. The van der Waals surface area contributed by atoms with Crippen molar-refractivity contribution in [3.8, 4) is 5.75 Å². The molecule has 22 heavy (non-hydrogen) atoms. The summed E-state index contributed by atoms with van der Waals surface area (Å²) in [5.41, 5.74) is 6.21. The van der Waals surface area contributed by atoms with Gasteiger partial charge in [0.05, 0.1) is 11.3 Å². The molecule has 0 atom stereocenters. The van der Waals surface area contributed by atoms with Crippen LogP contribution in [0, 0.1) is 6.92 Å². The van der Waals surface area contributed by atoms with Gasteiger partial charge in [-0.1, -0.05) is 11.6 Å². The summed E-state index contributed by atoms with van der Waals surface area (Å²) >= 11 is 0. The SMILES string of the molecule is Cc1ccc2c(c1)C(=Cc1[nH]c3c(c1O)CCCC3)C(=O)N2. The Morgan fingerprint density at radius 3 is 2.86 bits per heavy atom.